The zero-order valence-electron chi connectivity index (χ0n) is 12.4. The van der Waals surface area contributed by atoms with E-state index in [0.717, 1.165) is 24.2 Å². The highest BCUT2D eigenvalue weighted by molar-refractivity contribution is 9.09. The Morgan fingerprint density at radius 3 is 2.60 bits per heavy atom. The number of alkyl halides is 1. The van der Waals surface area contributed by atoms with Crippen molar-refractivity contribution in [2.45, 2.75) is 43.9 Å². The first kappa shape index (κ1) is 17.0. The number of carbonyl (C=O) groups is 1. The molecule has 1 atom stereocenters. The molecule has 0 radical (unpaired) electrons. The van der Waals surface area contributed by atoms with E-state index in [4.69, 9.17) is 9.47 Å². The van der Waals surface area contributed by atoms with Gasteiger partial charge in [-0.05, 0) is 18.6 Å². The van der Waals surface area contributed by atoms with Gasteiger partial charge in [0, 0.05) is 10.4 Å². The Balaban J connectivity index is 2.92. The number of methoxy groups -OCH3 is 2. The SMILES string of the molecule is CCCCCCC(Br)c1c(OC)cccc1C(=O)OC. The van der Waals surface area contributed by atoms with Crippen LogP contribution in [-0.4, -0.2) is 20.2 Å². The summed E-state index contributed by atoms with van der Waals surface area (Å²) in [7, 11) is 3.02. The molecule has 0 aromatic heterocycles. The summed E-state index contributed by atoms with van der Waals surface area (Å²) >= 11 is 3.69. The molecule has 0 aliphatic heterocycles. The predicted octanol–water partition coefficient (Wildman–Crippen LogP) is 4.89. The quantitative estimate of drug-likeness (QED) is 0.383. The van der Waals surface area contributed by atoms with E-state index < -0.39 is 0 Å². The van der Waals surface area contributed by atoms with Gasteiger partial charge in [-0.25, -0.2) is 4.79 Å². The smallest absolute Gasteiger partial charge is 0.338 e. The molecule has 3 nitrogen and oxygen atoms in total. The Labute approximate surface area is 129 Å². The van der Waals surface area contributed by atoms with E-state index in [1.807, 2.05) is 12.1 Å². The maximum atomic E-state index is 11.9. The summed E-state index contributed by atoms with van der Waals surface area (Å²) in [6.45, 7) is 2.20. The molecule has 0 amide bonds. The van der Waals surface area contributed by atoms with E-state index in [2.05, 4.69) is 22.9 Å². The molecule has 0 spiro atoms. The number of esters is 1. The van der Waals surface area contributed by atoms with Gasteiger partial charge in [-0.1, -0.05) is 54.6 Å². The second-order valence-corrected chi connectivity index (χ2v) is 5.84. The number of hydrogen-bond donors (Lipinski definition) is 0. The van der Waals surface area contributed by atoms with Gasteiger partial charge in [-0.15, -0.1) is 0 Å². The Kier molecular flexibility index (Phi) is 7.67. The van der Waals surface area contributed by atoms with E-state index in [0.29, 0.717) is 5.56 Å². The molecule has 0 N–H and O–H groups in total. The van der Waals surface area contributed by atoms with Crippen LogP contribution in [0, 0.1) is 0 Å². The van der Waals surface area contributed by atoms with Crippen molar-refractivity contribution in [1.82, 2.24) is 0 Å². The van der Waals surface area contributed by atoms with Crippen molar-refractivity contribution >= 4 is 21.9 Å². The lowest BCUT2D eigenvalue weighted by molar-refractivity contribution is 0.0599. The molecule has 0 bridgehead atoms. The largest absolute Gasteiger partial charge is 0.496 e. The van der Waals surface area contributed by atoms with Gasteiger partial charge in [0.1, 0.15) is 5.75 Å². The molecule has 0 aliphatic rings. The van der Waals surface area contributed by atoms with Crippen molar-refractivity contribution in [2.75, 3.05) is 14.2 Å². The van der Waals surface area contributed by atoms with Gasteiger partial charge in [-0.3, -0.25) is 0 Å². The summed E-state index contributed by atoms with van der Waals surface area (Å²) in [5.41, 5.74) is 1.46. The highest BCUT2D eigenvalue weighted by Gasteiger charge is 2.21. The minimum atomic E-state index is -0.322. The standard InChI is InChI=1S/C16H23BrO3/c1-4-5-6-7-10-13(17)15-12(16(18)20-3)9-8-11-14(15)19-2/h8-9,11,13H,4-7,10H2,1-3H3. The molecule has 4 heteroatoms. The van der Waals surface area contributed by atoms with Crippen LogP contribution < -0.4 is 4.74 Å². The van der Waals surface area contributed by atoms with Crippen LogP contribution in [0.25, 0.3) is 0 Å². The summed E-state index contributed by atoms with van der Waals surface area (Å²) < 4.78 is 10.2. The van der Waals surface area contributed by atoms with Gasteiger partial charge in [0.05, 0.1) is 19.8 Å². The van der Waals surface area contributed by atoms with Crippen molar-refractivity contribution in [1.29, 1.82) is 0 Å². The van der Waals surface area contributed by atoms with Crippen molar-refractivity contribution in [3.63, 3.8) is 0 Å². The molecule has 1 unspecified atom stereocenters. The first-order chi connectivity index (χ1) is 9.65. The molecule has 1 rings (SSSR count). The van der Waals surface area contributed by atoms with Gasteiger partial charge >= 0.3 is 5.97 Å². The average molecular weight is 343 g/mol. The molecule has 0 fully saturated rings. The van der Waals surface area contributed by atoms with E-state index >= 15 is 0 Å². The van der Waals surface area contributed by atoms with E-state index in [1.54, 1.807) is 13.2 Å². The fourth-order valence-corrected chi connectivity index (χ4v) is 3.02. The highest BCUT2D eigenvalue weighted by Crippen LogP contribution is 2.37. The molecule has 0 saturated heterocycles. The van der Waals surface area contributed by atoms with Gasteiger partial charge in [-0.2, -0.15) is 0 Å². The summed E-state index contributed by atoms with van der Waals surface area (Å²) in [4.78, 5) is 12.0. The number of unbranched alkanes of at least 4 members (excludes halogenated alkanes) is 3. The molecule has 0 heterocycles. The molecule has 0 aliphatic carbocycles. The zero-order valence-corrected chi connectivity index (χ0v) is 14.0. The minimum Gasteiger partial charge on any atom is -0.496 e. The second-order valence-electron chi connectivity index (χ2n) is 4.73. The van der Waals surface area contributed by atoms with Gasteiger partial charge in [0.2, 0.25) is 0 Å². The lowest BCUT2D eigenvalue weighted by atomic mass is 9.99. The van der Waals surface area contributed by atoms with Gasteiger partial charge in [0.15, 0.2) is 0 Å². The van der Waals surface area contributed by atoms with Gasteiger partial charge < -0.3 is 9.47 Å². The topological polar surface area (TPSA) is 35.5 Å². The van der Waals surface area contributed by atoms with Crippen LogP contribution >= 0.6 is 15.9 Å². The van der Waals surface area contributed by atoms with Crippen LogP contribution in [0.5, 0.6) is 5.75 Å². The number of ether oxygens (including phenoxy) is 2. The molecule has 112 valence electrons. The lowest BCUT2D eigenvalue weighted by Crippen LogP contribution is -2.08. The van der Waals surface area contributed by atoms with Gasteiger partial charge in [0.25, 0.3) is 0 Å². The molecule has 1 aromatic rings. The third kappa shape index (κ3) is 4.51. The number of benzene rings is 1. The van der Waals surface area contributed by atoms with Crippen LogP contribution in [0.4, 0.5) is 0 Å². The summed E-state index contributed by atoms with van der Waals surface area (Å²) in [5, 5.41) is 0. The summed E-state index contributed by atoms with van der Waals surface area (Å²) in [6.07, 6.45) is 5.78. The Morgan fingerprint density at radius 1 is 1.25 bits per heavy atom. The predicted molar refractivity (Wildman–Crippen MR) is 84.8 cm³/mol. The van der Waals surface area contributed by atoms with Crippen LogP contribution in [0.3, 0.4) is 0 Å². The van der Waals surface area contributed by atoms with Crippen molar-refractivity contribution in [2.24, 2.45) is 0 Å². The lowest BCUT2D eigenvalue weighted by Gasteiger charge is -2.17. The second kappa shape index (κ2) is 9.01. The first-order valence-corrected chi connectivity index (χ1v) is 7.96. The fourth-order valence-electron chi connectivity index (χ4n) is 2.23. The molecule has 0 saturated carbocycles. The van der Waals surface area contributed by atoms with E-state index in [9.17, 15) is 4.79 Å². The Bertz CT molecular complexity index is 432. The van der Waals surface area contributed by atoms with Crippen LogP contribution in [-0.2, 0) is 4.74 Å². The summed E-state index contributed by atoms with van der Waals surface area (Å²) in [6, 6.07) is 5.47. The Morgan fingerprint density at radius 2 is 2.00 bits per heavy atom. The number of rotatable bonds is 8. The number of carbonyl (C=O) groups excluding carboxylic acids is 1. The maximum absolute atomic E-state index is 11.9. The maximum Gasteiger partial charge on any atom is 0.338 e. The normalized spacial score (nSPS) is 12.0. The minimum absolute atomic E-state index is 0.101. The fraction of sp³-hybridized carbons (Fsp3) is 0.562. The monoisotopic (exact) mass is 342 g/mol. The third-order valence-corrected chi connectivity index (χ3v) is 4.23. The van der Waals surface area contributed by atoms with E-state index in [1.165, 1.54) is 26.4 Å². The van der Waals surface area contributed by atoms with E-state index in [-0.39, 0.29) is 10.8 Å². The number of hydrogen-bond acceptors (Lipinski definition) is 3. The van der Waals surface area contributed by atoms with Crippen LogP contribution in [0.15, 0.2) is 18.2 Å². The molecular formula is C16H23BrO3. The van der Waals surface area contributed by atoms with Crippen LogP contribution in [0.1, 0.15) is 59.8 Å². The van der Waals surface area contributed by atoms with Crippen molar-refractivity contribution < 1.29 is 14.3 Å². The molecular weight excluding hydrogens is 320 g/mol. The van der Waals surface area contributed by atoms with Crippen molar-refractivity contribution in [3.8, 4) is 5.75 Å². The number of halogens is 1. The van der Waals surface area contributed by atoms with Crippen molar-refractivity contribution in [3.05, 3.63) is 29.3 Å². The zero-order chi connectivity index (χ0) is 15.0. The van der Waals surface area contributed by atoms with Crippen LogP contribution in [0.2, 0.25) is 0 Å². The summed E-state index contributed by atoms with van der Waals surface area (Å²) in [5.74, 6) is 0.405. The highest BCUT2D eigenvalue weighted by atomic mass is 79.9. The Hall–Kier alpha value is -1.03. The molecule has 20 heavy (non-hydrogen) atoms. The average Bonchev–Trinajstić information content (AvgIpc) is 2.49. The third-order valence-electron chi connectivity index (χ3n) is 3.32. The molecule has 1 aromatic carbocycles. The first-order valence-electron chi connectivity index (χ1n) is 7.05.